The fourth-order valence-electron chi connectivity index (χ4n) is 2.85. The lowest BCUT2D eigenvalue weighted by molar-refractivity contribution is 1.07. The first kappa shape index (κ1) is 14.4. The summed E-state index contributed by atoms with van der Waals surface area (Å²) in [7, 11) is 0. The molecule has 0 radical (unpaired) electrons. The minimum absolute atomic E-state index is 0.846. The van der Waals surface area contributed by atoms with Gasteiger partial charge in [0.1, 0.15) is 0 Å². The molecule has 0 bridgehead atoms. The lowest BCUT2D eigenvalue weighted by atomic mass is 10.1. The Bertz CT molecular complexity index is 957. The number of hydrogen-bond donors (Lipinski definition) is 0. The zero-order valence-electron chi connectivity index (χ0n) is 13.4. The lowest BCUT2D eigenvalue weighted by Gasteiger charge is -2.11. The first-order valence-corrected chi connectivity index (χ1v) is 7.96. The molecule has 3 nitrogen and oxygen atoms in total. The molecule has 4 aromatic rings. The number of hydrogen-bond acceptors (Lipinski definition) is 2. The van der Waals surface area contributed by atoms with Gasteiger partial charge in [0.25, 0.3) is 0 Å². The summed E-state index contributed by atoms with van der Waals surface area (Å²) in [5.74, 6) is 1.70. The monoisotopic (exact) mass is 311 g/mol. The van der Waals surface area contributed by atoms with Crippen LogP contribution in [0, 0.1) is 6.92 Å². The Balaban J connectivity index is 1.97. The van der Waals surface area contributed by atoms with Crippen LogP contribution in [0.15, 0.2) is 84.9 Å². The second-order valence-corrected chi connectivity index (χ2v) is 5.75. The van der Waals surface area contributed by atoms with Crippen molar-refractivity contribution in [3.8, 4) is 28.5 Å². The summed E-state index contributed by atoms with van der Waals surface area (Å²) in [4.78, 5) is 0. The van der Waals surface area contributed by atoms with Crippen molar-refractivity contribution in [2.45, 2.75) is 6.92 Å². The Hall–Kier alpha value is -3.20. The van der Waals surface area contributed by atoms with Gasteiger partial charge in [0, 0.05) is 16.8 Å². The first-order valence-electron chi connectivity index (χ1n) is 7.96. The topological polar surface area (TPSA) is 30.7 Å². The molecule has 1 heterocycles. The maximum absolute atomic E-state index is 4.49. The zero-order chi connectivity index (χ0) is 16.4. The third-order valence-electron chi connectivity index (χ3n) is 3.99. The van der Waals surface area contributed by atoms with Gasteiger partial charge < -0.3 is 0 Å². The Labute approximate surface area is 141 Å². The first-order chi connectivity index (χ1) is 11.8. The number of benzene rings is 3. The summed E-state index contributed by atoms with van der Waals surface area (Å²) >= 11 is 0. The summed E-state index contributed by atoms with van der Waals surface area (Å²) in [6.45, 7) is 2.09. The van der Waals surface area contributed by atoms with E-state index < -0.39 is 0 Å². The average molecular weight is 311 g/mol. The standard InChI is InChI=1S/C21H17N3/c1-16-9-8-12-18(15-16)21-23-22-20(17-10-4-2-5-11-17)24(21)19-13-6-3-7-14-19/h2-15H,1H3. The van der Waals surface area contributed by atoms with Crippen molar-refractivity contribution >= 4 is 0 Å². The lowest BCUT2D eigenvalue weighted by Crippen LogP contribution is -2.00. The number of nitrogens with zero attached hydrogens (tertiary/aromatic N) is 3. The van der Waals surface area contributed by atoms with E-state index in [9.17, 15) is 0 Å². The fraction of sp³-hybridized carbons (Fsp3) is 0.0476. The van der Waals surface area contributed by atoms with Crippen molar-refractivity contribution in [1.82, 2.24) is 14.8 Å². The van der Waals surface area contributed by atoms with Gasteiger partial charge in [0.2, 0.25) is 0 Å². The molecule has 0 atom stereocenters. The van der Waals surface area contributed by atoms with Crippen LogP contribution in [0.3, 0.4) is 0 Å². The third kappa shape index (κ3) is 2.61. The molecule has 116 valence electrons. The van der Waals surface area contributed by atoms with E-state index in [0.717, 1.165) is 28.5 Å². The maximum atomic E-state index is 4.49. The number of rotatable bonds is 3. The quantitative estimate of drug-likeness (QED) is 0.538. The van der Waals surface area contributed by atoms with E-state index in [0.29, 0.717) is 0 Å². The summed E-state index contributed by atoms with van der Waals surface area (Å²) in [6.07, 6.45) is 0. The molecule has 0 saturated carbocycles. The number of aromatic nitrogens is 3. The molecule has 3 aromatic carbocycles. The van der Waals surface area contributed by atoms with Crippen molar-refractivity contribution in [1.29, 1.82) is 0 Å². The van der Waals surface area contributed by atoms with Crippen molar-refractivity contribution < 1.29 is 0 Å². The Morgan fingerprint density at radius 1 is 0.625 bits per heavy atom. The second kappa shape index (κ2) is 6.13. The second-order valence-electron chi connectivity index (χ2n) is 5.75. The Kier molecular flexibility index (Phi) is 3.67. The molecular weight excluding hydrogens is 294 g/mol. The molecule has 1 aromatic heterocycles. The highest BCUT2D eigenvalue weighted by molar-refractivity contribution is 5.67. The predicted octanol–water partition coefficient (Wildman–Crippen LogP) is 4.91. The summed E-state index contributed by atoms with van der Waals surface area (Å²) in [6, 6.07) is 28.8. The molecule has 0 spiro atoms. The molecule has 3 heteroatoms. The SMILES string of the molecule is Cc1cccc(-c2nnc(-c3ccccc3)n2-c2ccccc2)c1. The van der Waals surface area contributed by atoms with Gasteiger partial charge in [-0.2, -0.15) is 0 Å². The minimum Gasteiger partial charge on any atom is -0.275 e. The van der Waals surface area contributed by atoms with E-state index in [1.165, 1.54) is 5.56 Å². The maximum Gasteiger partial charge on any atom is 0.168 e. The summed E-state index contributed by atoms with van der Waals surface area (Å²) in [5, 5.41) is 8.98. The van der Waals surface area contributed by atoms with E-state index in [1.54, 1.807) is 0 Å². The van der Waals surface area contributed by atoms with Gasteiger partial charge in [0.15, 0.2) is 11.6 Å². The van der Waals surface area contributed by atoms with Crippen molar-refractivity contribution in [3.05, 3.63) is 90.5 Å². The van der Waals surface area contributed by atoms with E-state index >= 15 is 0 Å². The van der Waals surface area contributed by atoms with Crippen LogP contribution < -0.4 is 0 Å². The third-order valence-corrected chi connectivity index (χ3v) is 3.99. The minimum atomic E-state index is 0.846. The van der Waals surface area contributed by atoms with Crippen LogP contribution in [0.4, 0.5) is 0 Å². The van der Waals surface area contributed by atoms with Gasteiger partial charge in [-0.25, -0.2) is 0 Å². The van der Waals surface area contributed by atoms with E-state index in [1.807, 2.05) is 36.4 Å². The highest BCUT2D eigenvalue weighted by Gasteiger charge is 2.16. The van der Waals surface area contributed by atoms with Gasteiger partial charge in [0.05, 0.1) is 0 Å². The molecule has 0 amide bonds. The van der Waals surface area contributed by atoms with Crippen LogP contribution in [0.2, 0.25) is 0 Å². The molecule has 0 aliphatic heterocycles. The molecule has 0 aliphatic carbocycles. The molecule has 0 N–H and O–H groups in total. The highest BCUT2D eigenvalue weighted by atomic mass is 15.3. The number of para-hydroxylation sites is 1. The van der Waals surface area contributed by atoms with Crippen LogP contribution in [-0.4, -0.2) is 14.8 Å². The van der Waals surface area contributed by atoms with E-state index in [4.69, 9.17) is 0 Å². The molecule has 0 fully saturated rings. The molecule has 4 rings (SSSR count). The molecule has 0 unspecified atom stereocenters. The normalized spacial score (nSPS) is 10.7. The van der Waals surface area contributed by atoms with E-state index in [2.05, 4.69) is 70.2 Å². The van der Waals surface area contributed by atoms with Gasteiger partial charge >= 0.3 is 0 Å². The van der Waals surface area contributed by atoms with Crippen LogP contribution in [-0.2, 0) is 0 Å². The van der Waals surface area contributed by atoms with Crippen LogP contribution in [0.5, 0.6) is 0 Å². The van der Waals surface area contributed by atoms with Crippen LogP contribution >= 0.6 is 0 Å². The predicted molar refractivity (Wildman–Crippen MR) is 97.0 cm³/mol. The summed E-state index contributed by atoms with van der Waals surface area (Å²) in [5.41, 5.74) is 4.37. The van der Waals surface area contributed by atoms with Gasteiger partial charge in [-0.15, -0.1) is 10.2 Å². The highest BCUT2D eigenvalue weighted by Crippen LogP contribution is 2.28. The van der Waals surface area contributed by atoms with Gasteiger partial charge in [-0.3, -0.25) is 4.57 Å². The number of aryl methyl sites for hydroxylation is 1. The van der Waals surface area contributed by atoms with Crippen molar-refractivity contribution in [3.63, 3.8) is 0 Å². The average Bonchev–Trinajstić information content (AvgIpc) is 3.08. The molecule has 0 aliphatic rings. The zero-order valence-corrected chi connectivity index (χ0v) is 13.4. The molecule has 24 heavy (non-hydrogen) atoms. The smallest absolute Gasteiger partial charge is 0.168 e. The van der Waals surface area contributed by atoms with Crippen LogP contribution in [0.25, 0.3) is 28.5 Å². The van der Waals surface area contributed by atoms with Crippen LogP contribution in [0.1, 0.15) is 5.56 Å². The van der Waals surface area contributed by atoms with Gasteiger partial charge in [-0.05, 0) is 25.1 Å². The molecular formula is C21H17N3. The fourth-order valence-corrected chi connectivity index (χ4v) is 2.85. The Morgan fingerprint density at radius 3 is 1.88 bits per heavy atom. The largest absolute Gasteiger partial charge is 0.275 e. The molecule has 0 saturated heterocycles. The van der Waals surface area contributed by atoms with Crippen molar-refractivity contribution in [2.24, 2.45) is 0 Å². The summed E-state index contributed by atoms with van der Waals surface area (Å²) < 4.78 is 2.12. The van der Waals surface area contributed by atoms with Crippen molar-refractivity contribution in [2.75, 3.05) is 0 Å². The Morgan fingerprint density at radius 2 is 1.21 bits per heavy atom. The van der Waals surface area contributed by atoms with E-state index in [-0.39, 0.29) is 0 Å². The van der Waals surface area contributed by atoms with Gasteiger partial charge in [-0.1, -0.05) is 72.3 Å².